The summed E-state index contributed by atoms with van der Waals surface area (Å²) in [5, 5.41) is 5.93. The number of halogens is 1. The van der Waals surface area contributed by atoms with Crippen molar-refractivity contribution in [3.05, 3.63) is 90.0 Å². The minimum Gasteiger partial charge on any atom is -0.351 e. The van der Waals surface area contributed by atoms with E-state index in [9.17, 15) is 18.8 Å². The molecule has 5 rings (SSSR count). The van der Waals surface area contributed by atoms with Gasteiger partial charge in [-0.15, -0.1) is 0 Å². The molecule has 9 nitrogen and oxygen atoms in total. The SMILES string of the molecule is CNC(C)C(=O)NC(C)CN(CC[C@H]1CCC(c2nc3c(-c4ccc(F)cc4)cccc3[nH]2)N1C=O)C(=O)Cc1ccccc1. The van der Waals surface area contributed by atoms with Crippen LogP contribution in [0.2, 0.25) is 0 Å². The molecule has 1 aromatic heterocycles. The van der Waals surface area contributed by atoms with Gasteiger partial charge in [-0.2, -0.15) is 0 Å². The van der Waals surface area contributed by atoms with Gasteiger partial charge in [-0.05, 0) is 69.5 Å². The standard InChI is InChI=1S/C35H41FN6O3/c1-23(38-35(45)24(2)37-3)21-41(32(44)20-25-8-5-4-6-9-25)19-18-28-16-17-31(42(28)22-43)34-39-30-11-7-10-29(33(30)40-34)26-12-14-27(36)15-13-26/h4-15,22-24,28,31,37H,16-21H2,1-3H3,(H,38,45)(H,39,40)/t23?,24?,28-,31?/m1/s1. The van der Waals surface area contributed by atoms with Crippen molar-refractivity contribution in [3.63, 3.8) is 0 Å². The first-order valence-electron chi connectivity index (χ1n) is 15.5. The minimum absolute atomic E-state index is 0.0261. The van der Waals surface area contributed by atoms with E-state index in [2.05, 4.69) is 15.6 Å². The Morgan fingerprint density at radius 2 is 1.82 bits per heavy atom. The molecule has 3 amide bonds. The van der Waals surface area contributed by atoms with Crippen molar-refractivity contribution in [2.24, 2.45) is 0 Å². The number of aromatic nitrogens is 2. The Bertz CT molecular complexity index is 1610. The maximum atomic E-state index is 13.6. The van der Waals surface area contributed by atoms with E-state index in [1.54, 1.807) is 31.0 Å². The third kappa shape index (κ3) is 7.57. The Labute approximate surface area is 263 Å². The van der Waals surface area contributed by atoms with Gasteiger partial charge in [-0.3, -0.25) is 14.4 Å². The fraction of sp³-hybridized carbons (Fsp3) is 0.371. The number of likely N-dealkylation sites (N-methyl/N-ethyl adjacent to an activating group) is 1. The van der Waals surface area contributed by atoms with Crippen LogP contribution in [0.1, 0.15) is 50.5 Å². The number of hydrogen-bond donors (Lipinski definition) is 3. The highest BCUT2D eigenvalue weighted by Crippen LogP contribution is 2.37. The van der Waals surface area contributed by atoms with Crippen LogP contribution >= 0.6 is 0 Å². The predicted molar refractivity (Wildman–Crippen MR) is 173 cm³/mol. The maximum Gasteiger partial charge on any atom is 0.237 e. The van der Waals surface area contributed by atoms with Crippen LogP contribution in [0.25, 0.3) is 22.2 Å². The molecule has 3 N–H and O–H groups in total. The number of benzene rings is 3. The maximum absolute atomic E-state index is 13.6. The van der Waals surface area contributed by atoms with Crippen LogP contribution in [0.5, 0.6) is 0 Å². The van der Waals surface area contributed by atoms with E-state index in [0.29, 0.717) is 25.3 Å². The van der Waals surface area contributed by atoms with E-state index in [1.165, 1.54) is 12.1 Å². The second-order valence-corrected chi connectivity index (χ2v) is 11.8. The van der Waals surface area contributed by atoms with Gasteiger partial charge in [0.1, 0.15) is 11.6 Å². The first-order valence-corrected chi connectivity index (χ1v) is 15.5. The summed E-state index contributed by atoms with van der Waals surface area (Å²) in [5.74, 6) is 0.262. The average Bonchev–Trinajstić information content (AvgIpc) is 3.67. The average molecular weight is 613 g/mol. The molecule has 4 aromatic rings. The molecule has 0 aliphatic carbocycles. The number of nitrogens with zero attached hydrogens (tertiary/aromatic N) is 3. The quantitative estimate of drug-likeness (QED) is 0.191. The third-order valence-electron chi connectivity index (χ3n) is 8.67. The van der Waals surface area contributed by atoms with Crippen LogP contribution in [-0.4, -0.2) is 76.3 Å². The summed E-state index contributed by atoms with van der Waals surface area (Å²) in [6, 6.07) is 20.9. The molecule has 3 unspecified atom stereocenters. The fourth-order valence-corrected chi connectivity index (χ4v) is 6.09. The Morgan fingerprint density at radius 3 is 2.53 bits per heavy atom. The van der Waals surface area contributed by atoms with Crippen molar-refractivity contribution in [2.45, 2.75) is 63.7 Å². The summed E-state index contributed by atoms with van der Waals surface area (Å²) in [5.41, 5.74) is 4.30. The number of rotatable bonds is 13. The minimum atomic E-state index is -0.345. The number of para-hydroxylation sites is 1. The molecule has 1 saturated heterocycles. The van der Waals surface area contributed by atoms with Gasteiger partial charge in [-0.25, -0.2) is 9.37 Å². The number of amides is 3. The molecule has 1 aliphatic heterocycles. The highest BCUT2D eigenvalue weighted by atomic mass is 19.1. The van der Waals surface area contributed by atoms with Crippen molar-refractivity contribution in [2.75, 3.05) is 20.1 Å². The van der Waals surface area contributed by atoms with Crippen molar-refractivity contribution < 1.29 is 18.8 Å². The third-order valence-corrected chi connectivity index (χ3v) is 8.67. The second kappa shape index (κ2) is 14.5. The largest absolute Gasteiger partial charge is 0.351 e. The zero-order valence-corrected chi connectivity index (χ0v) is 26.0. The summed E-state index contributed by atoms with van der Waals surface area (Å²) in [6.45, 7) is 4.50. The number of nitrogens with one attached hydrogen (secondary N) is 3. The van der Waals surface area contributed by atoms with Crippen LogP contribution in [0.4, 0.5) is 4.39 Å². The number of H-pyrrole nitrogens is 1. The van der Waals surface area contributed by atoms with E-state index in [-0.39, 0.29) is 48.2 Å². The predicted octanol–water partition coefficient (Wildman–Crippen LogP) is 4.60. The molecule has 0 saturated carbocycles. The van der Waals surface area contributed by atoms with Gasteiger partial charge < -0.3 is 25.4 Å². The Morgan fingerprint density at radius 1 is 1.07 bits per heavy atom. The molecule has 0 spiro atoms. The first kappa shape index (κ1) is 31.8. The summed E-state index contributed by atoms with van der Waals surface area (Å²) >= 11 is 0. The van der Waals surface area contributed by atoms with Crippen LogP contribution in [0.3, 0.4) is 0 Å². The number of imidazole rings is 1. The highest BCUT2D eigenvalue weighted by molar-refractivity contribution is 5.92. The molecular formula is C35H41FN6O3. The van der Waals surface area contributed by atoms with Gasteiger partial charge >= 0.3 is 0 Å². The topological polar surface area (TPSA) is 110 Å². The summed E-state index contributed by atoms with van der Waals surface area (Å²) in [7, 11) is 1.73. The number of fused-ring (bicyclic) bond motifs is 1. The van der Waals surface area contributed by atoms with Crippen LogP contribution in [-0.2, 0) is 20.8 Å². The summed E-state index contributed by atoms with van der Waals surface area (Å²) < 4.78 is 13.6. The molecule has 45 heavy (non-hydrogen) atoms. The fourth-order valence-electron chi connectivity index (χ4n) is 6.09. The molecule has 1 fully saturated rings. The molecule has 3 aromatic carbocycles. The smallest absolute Gasteiger partial charge is 0.237 e. The summed E-state index contributed by atoms with van der Waals surface area (Å²) in [4.78, 5) is 50.4. The monoisotopic (exact) mass is 612 g/mol. The Balaban J connectivity index is 1.30. The Kier molecular flexibility index (Phi) is 10.2. The van der Waals surface area contributed by atoms with E-state index >= 15 is 0 Å². The molecule has 2 heterocycles. The zero-order valence-electron chi connectivity index (χ0n) is 26.0. The van der Waals surface area contributed by atoms with Crippen LogP contribution in [0, 0.1) is 5.82 Å². The number of likely N-dealkylation sites (tertiary alicyclic amines) is 1. The number of hydrogen-bond acceptors (Lipinski definition) is 5. The molecule has 0 radical (unpaired) electrons. The number of aromatic amines is 1. The normalized spacial score (nSPS) is 17.6. The van der Waals surface area contributed by atoms with Crippen molar-refractivity contribution in [1.29, 1.82) is 0 Å². The van der Waals surface area contributed by atoms with Gasteiger partial charge in [0.05, 0.1) is 29.5 Å². The van der Waals surface area contributed by atoms with E-state index in [0.717, 1.165) is 47.0 Å². The molecular weight excluding hydrogens is 571 g/mol. The summed E-state index contributed by atoms with van der Waals surface area (Å²) in [6.07, 6.45) is 3.26. The van der Waals surface area contributed by atoms with E-state index in [1.807, 2.05) is 60.4 Å². The lowest BCUT2D eigenvalue weighted by molar-refractivity contribution is -0.132. The number of carbonyl (C=O) groups is 3. The molecule has 4 atom stereocenters. The number of carbonyl (C=O) groups excluding carboxylic acids is 3. The molecule has 0 bridgehead atoms. The van der Waals surface area contributed by atoms with Crippen LogP contribution in [0.15, 0.2) is 72.8 Å². The van der Waals surface area contributed by atoms with E-state index < -0.39 is 0 Å². The van der Waals surface area contributed by atoms with Gasteiger partial charge in [0.15, 0.2) is 0 Å². The van der Waals surface area contributed by atoms with Crippen molar-refractivity contribution >= 4 is 29.3 Å². The molecule has 10 heteroatoms. The van der Waals surface area contributed by atoms with Gasteiger partial charge in [0.2, 0.25) is 18.2 Å². The van der Waals surface area contributed by atoms with Gasteiger partial charge in [0.25, 0.3) is 0 Å². The van der Waals surface area contributed by atoms with E-state index in [4.69, 9.17) is 4.98 Å². The molecule has 1 aliphatic rings. The lowest BCUT2D eigenvalue weighted by Gasteiger charge is -2.30. The molecule has 236 valence electrons. The van der Waals surface area contributed by atoms with Crippen LogP contribution < -0.4 is 10.6 Å². The lowest BCUT2D eigenvalue weighted by atomic mass is 10.0. The van der Waals surface area contributed by atoms with Gasteiger partial charge in [-0.1, -0.05) is 54.6 Å². The first-order chi connectivity index (χ1) is 21.8. The van der Waals surface area contributed by atoms with Gasteiger partial charge in [0, 0.05) is 30.7 Å². The highest BCUT2D eigenvalue weighted by Gasteiger charge is 2.36. The van der Waals surface area contributed by atoms with Crippen molar-refractivity contribution in [3.8, 4) is 11.1 Å². The Hall–Kier alpha value is -4.57. The lowest BCUT2D eigenvalue weighted by Crippen LogP contribution is -2.50. The zero-order chi connectivity index (χ0) is 31.9. The van der Waals surface area contributed by atoms with Crippen molar-refractivity contribution in [1.82, 2.24) is 30.4 Å². The second-order valence-electron chi connectivity index (χ2n) is 11.8.